The van der Waals surface area contributed by atoms with Crippen LogP contribution in [0.5, 0.6) is 0 Å². The topological polar surface area (TPSA) is 35.0 Å². The van der Waals surface area contributed by atoms with Crippen LogP contribution >= 0.6 is 0 Å². The summed E-state index contributed by atoms with van der Waals surface area (Å²) >= 11 is 0. The van der Waals surface area contributed by atoms with Gasteiger partial charge in [-0.25, -0.2) is 18.7 Å². The van der Waals surface area contributed by atoms with Crippen LogP contribution in [-0.4, -0.2) is 23.7 Å². The summed E-state index contributed by atoms with van der Waals surface area (Å²) in [5.74, 6) is 5.03. The van der Waals surface area contributed by atoms with E-state index in [9.17, 15) is 8.78 Å². The summed E-state index contributed by atoms with van der Waals surface area (Å²) in [4.78, 5) is 8.81. The molecule has 3 aromatic carbocycles. The summed E-state index contributed by atoms with van der Waals surface area (Å²) in [5.41, 5.74) is 3.36. The molecule has 148 valence electrons. The molecule has 0 bridgehead atoms. The Morgan fingerprint density at radius 2 is 1.63 bits per heavy atom. The highest BCUT2D eigenvalue weighted by Gasteiger charge is 2.06. The molecule has 4 aromatic rings. The Morgan fingerprint density at radius 1 is 0.900 bits per heavy atom. The molecule has 0 aliphatic carbocycles. The lowest BCUT2D eigenvalue weighted by atomic mass is 10.0. The Hall–Kier alpha value is -3.62. The fourth-order valence-electron chi connectivity index (χ4n) is 3.08. The van der Waals surface area contributed by atoms with Crippen molar-refractivity contribution in [2.45, 2.75) is 6.42 Å². The van der Waals surface area contributed by atoms with Crippen LogP contribution in [0, 0.1) is 23.5 Å². The van der Waals surface area contributed by atoms with Gasteiger partial charge >= 0.3 is 0 Å². The van der Waals surface area contributed by atoms with Gasteiger partial charge < -0.3 is 4.74 Å². The predicted octanol–water partition coefficient (Wildman–Crippen LogP) is 5.16. The molecule has 0 amide bonds. The van der Waals surface area contributed by atoms with E-state index >= 15 is 0 Å². The molecular weight excluding hydrogens is 382 g/mol. The van der Waals surface area contributed by atoms with E-state index in [0.717, 1.165) is 23.1 Å². The molecule has 0 unspecified atom stereocenters. The second kappa shape index (κ2) is 8.81. The monoisotopic (exact) mass is 400 g/mol. The summed E-state index contributed by atoms with van der Waals surface area (Å²) < 4.78 is 32.2. The SMILES string of the molecule is COCCc1cnc(-c2ccc(C#Cc3cccc4cc(F)c(F)cc34)cc2)nc1. The second-order valence-electron chi connectivity index (χ2n) is 6.78. The van der Waals surface area contributed by atoms with Gasteiger partial charge in [-0.2, -0.15) is 0 Å². The summed E-state index contributed by atoms with van der Waals surface area (Å²) in [6.45, 7) is 0.633. The highest BCUT2D eigenvalue weighted by molar-refractivity contribution is 5.88. The van der Waals surface area contributed by atoms with Gasteiger partial charge in [-0.1, -0.05) is 24.0 Å². The number of methoxy groups -OCH3 is 1. The van der Waals surface area contributed by atoms with Crippen LogP contribution in [0.2, 0.25) is 0 Å². The summed E-state index contributed by atoms with van der Waals surface area (Å²) in [6, 6.07) is 15.3. The van der Waals surface area contributed by atoms with Crippen molar-refractivity contribution in [3.05, 3.63) is 95.3 Å². The third kappa shape index (κ3) is 4.35. The molecule has 4 rings (SSSR count). The first-order chi connectivity index (χ1) is 14.6. The molecule has 5 heteroatoms. The molecular formula is C25H18F2N2O. The maximum atomic E-state index is 13.6. The van der Waals surface area contributed by atoms with E-state index in [0.29, 0.717) is 28.8 Å². The predicted molar refractivity (Wildman–Crippen MR) is 113 cm³/mol. The Labute approximate surface area is 173 Å². The molecule has 0 spiro atoms. The molecule has 1 heterocycles. The first kappa shape index (κ1) is 19.7. The van der Waals surface area contributed by atoms with Crippen molar-refractivity contribution in [2.24, 2.45) is 0 Å². The Balaban J connectivity index is 1.56. The number of rotatable bonds is 4. The highest BCUT2D eigenvalue weighted by atomic mass is 19.2. The van der Waals surface area contributed by atoms with E-state index in [2.05, 4.69) is 21.8 Å². The first-order valence-electron chi connectivity index (χ1n) is 9.44. The lowest BCUT2D eigenvalue weighted by Crippen LogP contribution is -1.97. The number of hydrogen-bond donors (Lipinski definition) is 0. The molecule has 0 N–H and O–H groups in total. The zero-order valence-electron chi connectivity index (χ0n) is 16.3. The molecule has 30 heavy (non-hydrogen) atoms. The minimum absolute atomic E-state index is 0.586. The van der Waals surface area contributed by atoms with Gasteiger partial charge in [-0.05, 0) is 59.8 Å². The Morgan fingerprint density at radius 3 is 2.37 bits per heavy atom. The minimum Gasteiger partial charge on any atom is -0.384 e. The maximum Gasteiger partial charge on any atom is 0.159 e. The number of hydrogen-bond acceptors (Lipinski definition) is 3. The summed E-state index contributed by atoms with van der Waals surface area (Å²) in [7, 11) is 1.66. The lowest BCUT2D eigenvalue weighted by Gasteiger charge is -2.03. The minimum atomic E-state index is -0.880. The third-order valence-corrected chi connectivity index (χ3v) is 4.71. The first-order valence-corrected chi connectivity index (χ1v) is 9.44. The largest absolute Gasteiger partial charge is 0.384 e. The van der Waals surface area contributed by atoms with Crippen LogP contribution in [0.1, 0.15) is 16.7 Å². The van der Waals surface area contributed by atoms with Crippen molar-refractivity contribution in [1.29, 1.82) is 0 Å². The van der Waals surface area contributed by atoms with Crippen molar-refractivity contribution in [3.63, 3.8) is 0 Å². The Bertz CT molecular complexity index is 1240. The number of benzene rings is 3. The van der Waals surface area contributed by atoms with Crippen molar-refractivity contribution < 1.29 is 13.5 Å². The molecule has 0 saturated carbocycles. The summed E-state index contributed by atoms with van der Waals surface area (Å²) in [5, 5.41) is 1.20. The van der Waals surface area contributed by atoms with E-state index in [4.69, 9.17) is 4.74 Å². The fraction of sp³-hybridized carbons (Fsp3) is 0.120. The molecule has 0 radical (unpaired) electrons. The number of halogens is 2. The van der Waals surface area contributed by atoms with Gasteiger partial charge in [0.25, 0.3) is 0 Å². The molecule has 3 nitrogen and oxygen atoms in total. The molecule has 0 fully saturated rings. The second-order valence-corrected chi connectivity index (χ2v) is 6.78. The molecule has 0 aliphatic rings. The van der Waals surface area contributed by atoms with Gasteiger partial charge in [-0.3, -0.25) is 0 Å². The van der Waals surface area contributed by atoms with Crippen LogP contribution < -0.4 is 0 Å². The van der Waals surface area contributed by atoms with Crippen LogP contribution in [0.15, 0.2) is 67.0 Å². The zero-order valence-corrected chi connectivity index (χ0v) is 16.3. The van der Waals surface area contributed by atoms with E-state index in [-0.39, 0.29) is 0 Å². The summed E-state index contributed by atoms with van der Waals surface area (Å²) in [6.07, 6.45) is 4.38. The van der Waals surface area contributed by atoms with Crippen LogP contribution in [-0.2, 0) is 11.2 Å². The lowest BCUT2D eigenvalue weighted by molar-refractivity contribution is 0.202. The van der Waals surface area contributed by atoms with Gasteiger partial charge in [-0.15, -0.1) is 0 Å². The van der Waals surface area contributed by atoms with Crippen molar-refractivity contribution in [3.8, 4) is 23.2 Å². The average molecular weight is 400 g/mol. The quantitative estimate of drug-likeness (QED) is 0.444. The van der Waals surface area contributed by atoms with Crippen molar-refractivity contribution in [1.82, 2.24) is 9.97 Å². The van der Waals surface area contributed by atoms with Gasteiger partial charge in [0.1, 0.15) is 0 Å². The normalized spacial score (nSPS) is 10.6. The van der Waals surface area contributed by atoms with Gasteiger partial charge in [0.05, 0.1) is 6.61 Å². The van der Waals surface area contributed by atoms with Crippen LogP contribution in [0.3, 0.4) is 0 Å². The molecule has 1 aromatic heterocycles. The van der Waals surface area contributed by atoms with Gasteiger partial charge in [0.2, 0.25) is 0 Å². The van der Waals surface area contributed by atoms with Gasteiger partial charge in [0.15, 0.2) is 17.5 Å². The number of ether oxygens (including phenoxy) is 1. The molecule has 0 saturated heterocycles. The standard InChI is InChI=1S/C25H18F2N2O/c1-30-12-11-18-15-28-25(29-16-18)20-9-6-17(7-10-20)5-8-19-3-2-4-21-13-23(26)24(27)14-22(19)21/h2-4,6-7,9-10,13-16H,11-12H2,1H3. The fourth-order valence-corrected chi connectivity index (χ4v) is 3.08. The number of aromatic nitrogens is 2. The van der Waals surface area contributed by atoms with Crippen molar-refractivity contribution in [2.75, 3.05) is 13.7 Å². The van der Waals surface area contributed by atoms with Crippen LogP contribution in [0.25, 0.3) is 22.2 Å². The van der Waals surface area contributed by atoms with E-state index in [1.54, 1.807) is 37.7 Å². The van der Waals surface area contributed by atoms with E-state index in [1.165, 1.54) is 12.1 Å². The number of nitrogens with zero attached hydrogens (tertiary/aromatic N) is 2. The zero-order chi connectivity index (χ0) is 20.9. The Kier molecular flexibility index (Phi) is 5.78. The van der Waals surface area contributed by atoms with E-state index in [1.807, 2.05) is 24.3 Å². The third-order valence-electron chi connectivity index (χ3n) is 4.71. The highest BCUT2D eigenvalue weighted by Crippen LogP contribution is 2.22. The van der Waals surface area contributed by atoms with E-state index < -0.39 is 11.6 Å². The van der Waals surface area contributed by atoms with Crippen molar-refractivity contribution >= 4 is 10.8 Å². The average Bonchev–Trinajstić information content (AvgIpc) is 2.78. The molecule has 0 aliphatic heterocycles. The smallest absolute Gasteiger partial charge is 0.159 e. The maximum absolute atomic E-state index is 13.6. The van der Waals surface area contributed by atoms with Crippen LogP contribution in [0.4, 0.5) is 8.78 Å². The number of fused-ring (bicyclic) bond motifs is 1. The molecule has 0 atom stereocenters. The van der Waals surface area contributed by atoms with Gasteiger partial charge in [0, 0.05) is 41.6 Å².